The molecule has 0 aliphatic heterocycles. The maximum Gasteiger partial charge on any atom is 0.307 e. The number of hydrogen-bond acceptors (Lipinski definition) is 3. The van der Waals surface area contributed by atoms with Gasteiger partial charge >= 0.3 is 5.97 Å². The van der Waals surface area contributed by atoms with E-state index in [1.165, 1.54) is 0 Å². The van der Waals surface area contributed by atoms with Gasteiger partial charge < -0.3 is 10.4 Å². The van der Waals surface area contributed by atoms with Gasteiger partial charge in [-0.3, -0.25) is 14.3 Å². The SMILES string of the molecule is CC1=C(C)C[C@@H](C(=O)Nc2nn(Cc3ccccc3)cc2Cl)[C@H](C(=O)O)C1. The van der Waals surface area contributed by atoms with Crippen molar-refractivity contribution in [1.82, 2.24) is 9.78 Å². The number of allylic oxidation sites excluding steroid dienone is 2. The Labute approximate surface area is 162 Å². The summed E-state index contributed by atoms with van der Waals surface area (Å²) in [6, 6.07) is 9.77. The van der Waals surface area contributed by atoms with Crippen molar-refractivity contribution < 1.29 is 14.7 Å². The highest BCUT2D eigenvalue weighted by Crippen LogP contribution is 2.35. The number of carbonyl (C=O) groups is 2. The molecule has 27 heavy (non-hydrogen) atoms. The van der Waals surface area contributed by atoms with Gasteiger partial charge in [0.25, 0.3) is 0 Å². The molecule has 1 amide bonds. The maximum absolute atomic E-state index is 12.7. The lowest BCUT2D eigenvalue weighted by Crippen LogP contribution is -2.36. The van der Waals surface area contributed by atoms with Gasteiger partial charge in [0, 0.05) is 6.20 Å². The van der Waals surface area contributed by atoms with Crippen LogP contribution in [0, 0.1) is 11.8 Å². The Kier molecular flexibility index (Phi) is 5.65. The van der Waals surface area contributed by atoms with Crippen molar-refractivity contribution >= 4 is 29.3 Å². The van der Waals surface area contributed by atoms with Crippen LogP contribution in [0.4, 0.5) is 5.82 Å². The number of rotatable bonds is 5. The van der Waals surface area contributed by atoms with Crippen LogP contribution in [0.1, 0.15) is 32.3 Å². The van der Waals surface area contributed by atoms with Gasteiger partial charge in [-0.2, -0.15) is 5.10 Å². The minimum Gasteiger partial charge on any atom is -0.481 e. The maximum atomic E-state index is 12.7. The Morgan fingerprint density at radius 2 is 1.81 bits per heavy atom. The Hall–Kier alpha value is -2.60. The van der Waals surface area contributed by atoms with E-state index >= 15 is 0 Å². The first-order valence-electron chi connectivity index (χ1n) is 8.81. The molecule has 0 fully saturated rings. The summed E-state index contributed by atoms with van der Waals surface area (Å²) in [7, 11) is 0. The number of nitrogens with zero attached hydrogens (tertiary/aromatic N) is 2. The fraction of sp³-hybridized carbons (Fsp3) is 0.350. The number of benzene rings is 1. The molecular formula is C20H22ClN3O3. The highest BCUT2D eigenvalue weighted by atomic mass is 35.5. The predicted octanol–water partition coefficient (Wildman–Crippen LogP) is 3.97. The van der Waals surface area contributed by atoms with Crippen molar-refractivity contribution in [3.05, 3.63) is 58.3 Å². The first-order valence-corrected chi connectivity index (χ1v) is 9.18. The molecule has 0 radical (unpaired) electrons. The highest BCUT2D eigenvalue weighted by molar-refractivity contribution is 6.33. The lowest BCUT2D eigenvalue weighted by atomic mass is 9.76. The molecule has 1 aliphatic carbocycles. The van der Waals surface area contributed by atoms with Gasteiger partial charge in [-0.15, -0.1) is 0 Å². The molecule has 0 saturated heterocycles. The van der Waals surface area contributed by atoms with Crippen LogP contribution in [0.15, 0.2) is 47.7 Å². The summed E-state index contributed by atoms with van der Waals surface area (Å²) in [5, 5.41) is 16.9. The molecule has 2 atom stereocenters. The minimum atomic E-state index is -0.956. The molecule has 3 rings (SSSR count). The summed E-state index contributed by atoms with van der Waals surface area (Å²) in [6.07, 6.45) is 2.46. The van der Waals surface area contributed by atoms with Crippen molar-refractivity contribution in [2.45, 2.75) is 33.2 Å². The molecule has 0 saturated carbocycles. The van der Waals surface area contributed by atoms with Crippen LogP contribution >= 0.6 is 11.6 Å². The second-order valence-corrected chi connectivity index (χ2v) is 7.43. The van der Waals surface area contributed by atoms with Gasteiger partial charge in [-0.25, -0.2) is 0 Å². The largest absolute Gasteiger partial charge is 0.481 e. The number of carbonyl (C=O) groups excluding carboxylic acids is 1. The summed E-state index contributed by atoms with van der Waals surface area (Å²) in [4.78, 5) is 24.3. The molecule has 7 heteroatoms. The topological polar surface area (TPSA) is 84.2 Å². The number of carboxylic acids is 1. The van der Waals surface area contributed by atoms with E-state index in [-0.39, 0.29) is 11.7 Å². The zero-order chi connectivity index (χ0) is 19.6. The third-order valence-electron chi connectivity index (χ3n) is 5.07. The number of nitrogens with one attached hydrogen (secondary N) is 1. The van der Waals surface area contributed by atoms with E-state index in [0.29, 0.717) is 24.4 Å². The summed E-state index contributed by atoms with van der Waals surface area (Å²) in [5.41, 5.74) is 3.16. The number of aliphatic carboxylic acids is 1. The van der Waals surface area contributed by atoms with Crippen molar-refractivity contribution in [1.29, 1.82) is 0 Å². The monoisotopic (exact) mass is 387 g/mol. The van der Waals surface area contributed by atoms with E-state index in [2.05, 4.69) is 10.4 Å². The Morgan fingerprint density at radius 1 is 1.19 bits per heavy atom. The lowest BCUT2D eigenvalue weighted by molar-refractivity contribution is -0.146. The first kappa shape index (κ1) is 19.2. The van der Waals surface area contributed by atoms with E-state index in [1.807, 2.05) is 44.2 Å². The Balaban J connectivity index is 1.74. The zero-order valence-electron chi connectivity index (χ0n) is 15.3. The van der Waals surface area contributed by atoms with Crippen molar-refractivity contribution in [2.75, 3.05) is 5.32 Å². The molecular weight excluding hydrogens is 366 g/mol. The normalized spacial score (nSPS) is 19.8. The third-order valence-corrected chi connectivity index (χ3v) is 5.34. The molecule has 1 aromatic carbocycles. The standard InChI is InChI=1S/C20H22ClN3O3/c1-12-8-15(16(20(26)27)9-13(12)2)19(25)22-18-17(21)11-24(23-18)10-14-6-4-3-5-7-14/h3-7,11,15-16H,8-10H2,1-2H3,(H,26,27)(H,22,23,25)/t15-,16-/m1/s1. The lowest BCUT2D eigenvalue weighted by Gasteiger charge is -2.29. The molecule has 0 bridgehead atoms. The fourth-order valence-electron chi connectivity index (χ4n) is 3.37. The van der Waals surface area contributed by atoms with Gasteiger partial charge in [0.1, 0.15) is 5.02 Å². The van der Waals surface area contributed by atoms with Gasteiger partial charge in [0.05, 0.1) is 18.4 Å². The van der Waals surface area contributed by atoms with Crippen LogP contribution < -0.4 is 5.32 Å². The molecule has 1 aliphatic rings. The van der Waals surface area contributed by atoms with E-state index in [0.717, 1.165) is 16.7 Å². The first-order chi connectivity index (χ1) is 12.8. The summed E-state index contributed by atoms with van der Waals surface area (Å²) < 4.78 is 1.65. The average Bonchev–Trinajstić information content (AvgIpc) is 2.96. The summed E-state index contributed by atoms with van der Waals surface area (Å²) >= 11 is 6.22. The summed E-state index contributed by atoms with van der Waals surface area (Å²) in [6.45, 7) is 4.38. The quantitative estimate of drug-likeness (QED) is 0.760. The Bertz CT molecular complexity index is 889. The minimum absolute atomic E-state index is 0.255. The number of aromatic nitrogens is 2. The number of hydrogen-bond donors (Lipinski definition) is 2. The van der Waals surface area contributed by atoms with E-state index < -0.39 is 17.8 Å². The molecule has 142 valence electrons. The average molecular weight is 388 g/mol. The van der Waals surface area contributed by atoms with Gasteiger partial charge in [-0.05, 0) is 32.3 Å². The van der Waals surface area contributed by atoms with E-state index in [4.69, 9.17) is 11.6 Å². The second kappa shape index (κ2) is 7.96. The third kappa shape index (κ3) is 4.39. The smallest absolute Gasteiger partial charge is 0.307 e. The second-order valence-electron chi connectivity index (χ2n) is 7.02. The van der Waals surface area contributed by atoms with Crippen LogP contribution in [-0.2, 0) is 16.1 Å². The molecule has 2 aromatic rings. The predicted molar refractivity (Wildman–Crippen MR) is 104 cm³/mol. The molecule has 0 unspecified atom stereocenters. The van der Waals surface area contributed by atoms with Gasteiger partial charge in [0.2, 0.25) is 5.91 Å². The van der Waals surface area contributed by atoms with Crippen molar-refractivity contribution in [3.8, 4) is 0 Å². The van der Waals surface area contributed by atoms with Gasteiger partial charge in [0.15, 0.2) is 5.82 Å². The molecule has 2 N–H and O–H groups in total. The van der Waals surface area contributed by atoms with E-state index in [9.17, 15) is 14.7 Å². The molecule has 6 nitrogen and oxygen atoms in total. The van der Waals surface area contributed by atoms with Crippen LogP contribution in [0.5, 0.6) is 0 Å². The highest BCUT2D eigenvalue weighted by Gasteiger charge is 2.37. The van der Waals surface area contributed by atoms with Gasteiger partial charge in [-0.1, -0.05) is 53.1 Å². The van der Waals surface area contributed by atoms with Crippen LogP contribution in [-0.4, -0.2) is 26.8 Å². The van der Waals surface area contributed by atoms with Crippen molar-refractivity contribution in [2.24, 2.45) is 11.8 Å². The zero-order valence-corrected chi connectivity index (χ0v) is 16.0. The summed E-state index contributed by atoms with van der Waals surface area (Å²) in [5.74, 6) is -2.44. The number of anilines is 1. The Morgan fingerprint density at radius 3 is 2.44 bits per heavy atom. The number of carboxylic acid groups (broad SMARTS) is 1. The fourth-order valence-corrected chi connectivity index (χ4v) is 3.57. The van der Waals surface area contributed by atoms with Crippen molar-refractivity contribution in [3.63, 3.8) is 0 Å². The number of amides is 1. The molecule has 1 heterocycles. The van der Waals surface area contributed by atoms with Crippen LogP contribution in [0.3, 0.4) is 0 Å². The van der Waals surface area contributed by atoms with E-state index in [1.54, 1.807) is 10.9 Å². The van der Waals surface area contributed by atoms with Crippen LogP contribution in [0.25, 0.3) is 0 Å². The number of halogens is 1. The van der Waals surface area contributed by atoms with Crippen LogP contribution in [0.2, 0.25) is 5.02 Å². The molecule has 1 aromatic heterocycles. The molecule has 0 spiro atoms.